The topological polar surface area (TPSA) is 21.3 Å². The first kappa shape index (κ1) is 13.4. The second-order valence-corrected chi connectivity index (χ2v) is 6.11. The largest absolute Gasteiger partial charge is 0.380 e. The van der Waals surface area contributed by atoms with Crippen LogP contribution >= 0.6 is 0 Å². The van der Waals surface area contributed by atoms with Crippen LogP contribution in [-0.2, 0) is 4.74 Å². The lowest BCUT2D eigenvalue weighted by Gasteiger charge is -2.27. The predicted octanol–water partition coefficient (Wildman–Crippen LogP) is 3.36. The van der Waals surface area contributed by atoms with Gasteiger partial charge in [0.2, 0.25) is 0 Å². The maximum Gasteiger partial charge on any atom is 0.0591 e. The van der Waals surface area contributed by atoms with Crippen LogP contribution in [0.2, 0.25) is 0 Å². The van der Waals surface area contributed by atoms with Crippen molar-refractivity contribution in [3.8, 4) is 0 Å². The molecule has 0 atom stereocenters. The van der Waals surface area contributed by atoms with Crippen molar-refractivity contribution in [3.63, 3.8) is 0 Å². The summed E-state index contributed by atoms with van der Waals surface area (Å²) in [5.41, 5.74) is 0. The normalized spacial score (nSPS) is 30.2. The van der Waals surface area contributed by atoms with Crippen LogP contribution in [0.3, 0.4) is 0 Å². The molecule has 17 heavy (non-hydrogen) atoms. The van der Waals surface area contributed by atoms with E-state index < -0.39 is 0 Å². The van der Waals surface area contributed by atoms with E-state index in [0.29, 0.717) is 0 Å². The van der Waals surface area contributed by atoms with E-state index in [-0.39, 0.29) is 0 Å². The van der Waals surface area contributed by atoms with Crippen molar-refractivity contribution in [2.45, 2.75) is 64.3 Å². The van der Waals surface area contributed by atoms with Gasteiger partial charge in [-0.2, -0.15) is 0 Å². The van der Waals surface area contributed by atoms with Crippen molar-refractivity contribution in [2.24, 2.45) is 11.8 Å². The minimum absolute atomic E-state index is 0.765. The Labute approximate surface area is 107 Å². The average molecular weight is 239 g/mol. The van der Waals surface area contributed by atoms with Crippen LogP contribution in [0.5, 0.6) is 0 Å². The van der Waals surface area contributed by atoms with Crippen molar-refractivity contribution in [2.75, 3.05) is 19.8 Å². The summed E-state index contributed by atoms with van der Waals surface area (Å²) < 4.78 is 5.69. The van der Waals surface area contributed by atoms with Crippen molar-refractivity contribution in [3.05, 3.63) is 0 Å². The van der Waals surface area contributed by atoms with Crippen LogP contribution in [-0.4, -0.2) is 25.8 Å². The summed E-state index contributed by atoms with van der Waals surface area (Å²) in [7, 11) is 0. The van der Waals surface area contributed by atoms with Gasteiger partial charge in [-0.3, -0.25) is 0 Å². The molecular weight excluding hydrogens is 210 g/mol. The zero-order valence-corrected chi connectivity index (χ0v) is 11.4. The first-order chi connectivity index (χ1) is 8.34. The standard InChI is InChI=1S/C15H29NO/c1-13-5-7-15(8-6-13)16-10-12-17-11-9-14-3-2-4-14/h13-16H,2-12H2,1H3. The predicted molar refractivity (Wildman–Crippen MR) is 72.2 cm³/mol. The maximum absolute atomic E-state index is 5.69. The van der Waals surface area contributed by atoms with Crippen molar-refractivity contribution < 1.29 is 4.74 Å². The fraction of sp³-hybridized carbons (Fsp3) is 1.00. The van der Waals surface area contributed by atoms with Gasteiger partial charge in [0.05, 0.1) is 6.61 Å². The van der Waals surface area contributed by atoms with Gasteiger partial charge in [0.25, 0.3) is 0 Å². The molecule has 2 aliphatic rings. The quantitative estimate of drug-likeness (QED) is 0.688. The molecule has 2 nitrogen and oxygen atoms in total. The van der Waals surface area contributed by atoms with E-state index in [1.807, 2.05) is 0 Å². The zero-order valence-electron chi connectivity index (χ0n) is 11.4. The van der Waals surface area contributed by atoms with Gasteiger partial charge in [0, 0.05) is 19.2 Å². The number of hydrogen-bond acceptors (Lipinski definition) is 2. The summed E-state index contributed by atoms with van der Waals surface area (Å²) in [6, 6.07) is 0.765. The minimum Gasteiger partial charge on any atom is -0.380 e. The number of rotatable bonds is 7. The Morgan fingerprint density at radius 1 is 1.00 bits per heavy atom. The van der Waals surface area contributed by atoms with E-state index in [1.165, 1.54) is 51.4 Å². The third-order valence-electron chi connectivity index (χ3n) is 4.59. The Bertz CT molecular complexity index is 195. The van der Waals surface area contributed by atoms with E-state index in [1.54, 1.807) is 0 Å². The fourth-order valence-corrected chi connectivity index (χ4v) is 2.93. The molecule has 100 valence electrons. The molecular formula is C15H29NO. The second-order valence-electron chi connectivity index (χ2n) is 6.11. The van der Waals surface area contributed by atoms with Gasteiger partial charge >= 0.3 is 0 Å². The fourth-order valence-electron chi connectivity index (χ4n) is 2.93. The van der Waals surface area contributed by atoms with Gasteiger partial charge < -0.3 is 10.1 Å². The molecule has 0 saturated heterocycles. The van der Waals surface area contributed by atoms with E-state index in [9.17, 15) is 0 Å². The first-order valence-corrected chi connectivity index (χ1v) is 7.65. The summed E-state index contributed by atoms with van der Waals surface area (Å²) in [5, 5.41) is 3.63. The Morgan fingerprint density at radius 3 is 2.41 bits per heavy atom. The maximum atomic E-state index is 5.69. The molecule has 0 aliphatic heterocycles. The molecule has 2 fully saturated rings. The molecule has 0 heterocycles. The van der Waals surface area contributed by atoms with Crippen molar-refractivity contribution >= 4 is 0 Å². The molecule has 0 radical (unpaired) electrons. The molecule has 0 amide bonds. The van der Waals surface area contributed by atoms with Gasteiger partial charge in [-0.25, -0.2) is 0 Å². The highest BCUT2D eigenvalue weighted by molar-refractivity contribution is 4.75. The number of ether oxygens (including phenoxy) is 1. The van der Waals surface area contributed by atoms with Gasteiger partial charge in [0.1, 0.15) is 0 Å². The Kier molecular flexibility index (Phi) is 5.79. The molecule has 0 aromatic carbocycles. The van der Waals surface area contributed by atoms with Crippen LogP contribution in [0, 0.1) is 11.8 Å². The summed E-state index contributed by atoms with van der Waals surface area (Å²) in [5.74, 6) is 1.94. The van der Waals surface area contributed by atoms with Gasteiger partial charge in [-0.05, 0) is 43.9 Å². The molecule has 2 rings (SSSR count). The summed E-state index contributed by atoms with van der Waals surface area (Å²) in [6.07, 6.45) is 11.2. The SMILES string of the molecule is CC1CCC(NCCOCCC2CCC2)CC1. The lowest BCUT2D eigenvalue weighted by atomic mass is 9.83. The lowest BCUT2D eigenvalue weighted by Crippen LogP contribution is -2.35. The average Bonchev–Trinajstić information content (AvgIpc) is 2.28. The van der Waals surface area contributed by atoms with Crippen LogP contribution in [0.4, 0.5) is 0 Å². The third-order valence-corrected chi connectivity index (χ3v) is 4.59. The lowest BCUT2D eigenvalue weighted by molar-refractivity contribution is 0.105. The Morgan fingerprint density at radius 2 is 1.76 bits per heavy atom. The number of nitrogens with one attached hydrogen (secondary N) is 1. The Hall–Kier alpha value is -0.0800. The first-order valence-electron chi connectivity index (χ1n) is 7.65. The molecule has 0 unspecified atom stereocenters. The summed E-state index contributed by atoms with van der Waals surface area (Å²) in [6.45, 7) is 5.30. The highest BCUT2D eigenvalue weighted by atomic mass is 16.5. The second kappa shape index (κ2) is 7.38. The summed E-state index contributed by atoms with van der Waals surface area (Å²) >= 11 is 0. The van der Waals surface area contributed by atoms with E-state index in [4.69, 9.17) is 4.74 Å². The summed E-state index contributed by atoms with van der Waals surface area (Å²) in [4.78, 5) is 0. The highest BCUT2D eigenvalue weighted by Gasteiger charge is 2.18. The van der Waals surface area contributed by atoms with Gasteiger partial charge in [-0.1, -0.05) is 26.2 Å². The van der Waals surface area contributed by atoms with Crippen LogP contribution < -0.4 is 5.32 Å². The van der Waals surface area contributed by atoms with Gasteiger partial charge in [0.15, 0.2) is 0 Å². The zero-order chi connectivity index (χ0) is 11.9. The number of hydrogen-bond donors (Lipinski definition) is 1. The Balaban J connectivity index is 1.38. The van der Waals surface area contributed by atoms with E-state index in [2.05, 4.69) is 12.2 Å². The minimum atomic E-state index is 0.765. The highest BCUT2D eigenvalue weighted by Crippen LogP contribution is 2.29. The smallest absolute Gasteiger partial charge is 0.0591 e. The van der Waals surface area contributed by atoms with E-state index in [0.717, 1.165) is 37.6 Å². The molecule has 0 bridgehead atoms. The van der Waals surface area contributed by atoms with Crippen molar-refractivity contribution in [1.82, 2.24) is 5.32 Å². The molecule has 0 spiro atoms. The molecule has 1 N–H and O–H groups in total. The molecule has 0 aromatic rings. The van der Waals surface area contributed by atoms with Crippen LogP contribution in [0.1, 0.15) is 58.3 Å². The van der Waals surface area contributed by atoms with E-state index >= 15 is 0 Å². The molecule has 2 heteroatoms. The monoisotopic (exact) mass is 239 g/mol. The van der Waals surface area contributed by atoms with Crippen LogP contribution in [0.25, 0.3) is 0 Å². The van der Waals surface area contributed by atoms with Crippen LogP contribution in [0.15, 0.2) is 0 Å². The molecule has 2 aliphatic carbocycles. The van der Waals surface area contributed by atoms with Gasteiger partial charge in [-0.15, -0.1) is 0 Å². The molecule has 2 saturated carbocycles. The van der Waals surface area contributed by atoms with Crippen molar-refractivity contribution in [1.29, 1.82) is 0 Å². The molecule has 0 aromatic heterocycles. The third kappa shape index (κ3) is 4.97.